The van der Waals surface area contributed by atoms with E-state index in [2.05, 4.69) is 4.98 Å². The highest BCUT2D eigenvalue weighted by molar-refractivity contribution is 5.70. The minimum Gasteiger partial charge on any atom is -0.256 e. The Morgan fingerprint density at radius 1 is 0.667 bits per heavy atom. The summed E-state index contributed by atoms with van der Waals surface area (Å²) in [5, 5.41) is 0. The normalized spacial score (nSPS) is 10.6. The number of nitrogens with zero attached hydrogens (tertiary/aromatic N) is 1. The Morgan fingerprint density at radius 3 is 2.14 bits per heavy atom. The van der Waals surface area contributed by atoms with Crippen LogP contribution in [-0.2, 0) is 0 Å². The molecule has 0 fully saturated rings. The van der Waals surface area contributed by atoms with Crippen LogP contribution in [0.2, 0.25) is 0 Å². The number of aromatic nitrogens is 1. The van der Waals surface area contributed by atoms with Crippen molar-refractivity contribution in [3.63, 3.8) is 0 Å². The number of rotatable bonds is 2. The maximum atomic E-state index is 13.8. The van der Waals surface area contributed by atoms with Crippen LogP contribution < -0.4 is 0 Å². The van der Waals surface area contributed by atoms with Gasteiger partial charge in [-0.15, -0.1) is 0 Å². The summed E-state index contributed by atoms with van der Waals surface area (Å²) in [5.41, 5.74) is 1.95. The second-order valence-electron chi connectivity index (χ2n) is 4.54. The molecule has 104 valence electrons. The van der Waals surface area contributed by atoms with Crippen molar-refractivity contribution in [2.75, 3.05) is 0 Å². The quantitative estimate of drug-likeness (QED) is 0.614. The molecule has 0 radical (unpaired) electrons. The second kappa shape index (κ2) is 5.40. The zero-order valence-corrected chi connectivity index (χ0v) is 10.9. The summed E-state index contributed by atoms with van der Waals surface area (Å²) in [6, 6.07) is 14.2. The molecule has 2 aromatic carbocycles. The largest absolute Gasteiger partial charge is 0.256 e. The molecule has 4 heteroatoms. The molecule has 0 aliphatic carbocycles. The average molecular weight is 285 g/mol. The molecule has 1 aromatic heterocycles. The summed E-state index contributed by atoms with van der Waals surface area (Å²) in [5.74, 6) is -3.15. The van der Waals surface area contributed by atoms with Crippen molar-refractivity contribution in [3.8, 4) is 22.4 Å². The van der Waals surface area contributed by atoms with Gasteiger partial charge in [0.2, 0.25) is 0 Å². The molecule has 0 N–H and O–H groups in total. The van der Waals surface area contributed by atoms with Crippen molar-refractivity contribution in [3.05, 3.63) is 78.2 Å². The summed E-state index contributed by atoms with van der Waals surface area (Å²) in [7, 11) is 0. The lowest BCUT2D eigenvalue weighted by atomic mass is 10.0. The van der Waals surface area contributed by atoms with Gasteiger partial charge in [0.1, 0.15) is 5.82 Å². The van der Waals surface area contributed by atoms with E-state index in [0.717, 1.165) is 17.2 Å². The van der Waals surface area contributed by atoms with Gasteiger partial charge in [-0.05, 0) is 29.3 Å². The van der Waals surface area contributed by atoms with Gasteiger partial charge in [0.05, 0.1) is 5.69 Å². The molecule has 0 bridgehead atoms. The third-order valence-electron chi connectivity index (χ3n) is 3.15. The highest BCUT2D eigenvalue weighted by atomic mass is 19.2. The van der Waals surface area contributed by atoms with Gasteiger partial charge in [0, 0.05) is 17.8 Å². The van der Waals surface area contributed by atoms with Crippen molar-refractivity contribution in [1.82, 2.24) is 4.98 Å². The highest BCUT2D eigenvalue weighted by Gasteiger charge is 2.13. The predicted octanol–water partition coefficient (Wildman–Crippen LogP) is 4.83. The zero-order chi connectivity index (χ0) is 14.8. The van der Waals surface area contributed by atoms with E-state index in [1.54, 1.807) is 12.1 Å². The van der Waals surface area contributed by atoms with E-state index in [4.69, 9.17) is 0 Å². The van der Waals surface area contributed by atoms with Gasteiger partial charge >= 0.3 is 0 Å². The molecule has 1 heterocycles. The van der Waals surface area contributed by atoms with E-state index >= 15 is 0 Å². The van der Waals surface area contributed by atoms with Gasteiger partial charge in [0.25, 0.3) is 0 Å². The Labute approximate surface area is 119 Å². The fourth-order valence-electron chi connectivity index (χ4n) is 2.11. The topological polar surface area (TPSA) is 12.9 Å². The van der Waals surface area contributed by atoms with Gasteiger partial charge < -0.3 is 0 Å². The molecule has 1 nitrogen and oxygen atoms in total. The number of benzene rings is 2. The molecule has 3 rings (SSSR count). The average Bonchev–Trinajstić information content (AvgIpc) is 2.52. The van der Waals surface area contributed by atoms with Crippen molar-refractivity contribution in [1.29, 1.82) is 0 Å². The number of hydrogen-bond acceptors (Lipinski definition) is 1. The summed E-state index contributed by atoms with van der Waals surface area (Å²) in [6.45, 7) is 0. The van der Waals surface area contributed by atoms with E-state index < -0.39 is 17.5 Å². The first-order chi connectivity index (χ1) is 10.1. The zero-order valence-electron chi connectivity index (χ0n) is 10.9. The van der Waals surface area contributed by atoms with Gasteiger partial charge in [-0.1, -0.05) is 30.3 Å². The number of pyridine rings is 1. The standard InChI is InChI=1S/C17H10F3N/c18-14-10-16(20)15(19)9-13(14)17-8-12(6-7-21-17)11-4-2-1-3-5-11/h1-10H. The number of halogens is 3. The first-order valence-corrected chi connectivity index (χ1v) is 6.31. The minimum absolute atomic E-state index is 0.0633. The molecule has 3 aromatic rings. The van der Waals surface area contributed by atoms with Crippen molar-refractivity contribution < 1.29 is 13.2 Å². The smallest absolute Gasteiger partial charge is 0.161 e. The van der Waals surface area contributed by atoms with Gasteiger partial charge in [-0.3, -0.25) is 4.98 Å². The van der Waals surface area contributed by atoms with Gasteiger partial charge in [-0.2, -0.15) is 0 Å². The Morgan fingerprint density at radius 2 is 1.38 bits per heavy atom. The molecular formula is C17H10F3N. The third kappa shape index (κ3) is 2.65. The van der Waals surface area contributed by atoms with Gasteiger partial charge in [-0.25, -0.2) is 13.2 Å². The van der Waals surface area contributed by atoms with Crippen LogP contribution in [-0.4, -0.2) is 4.98 Å². The van der Waals surface area contributed by atoms with E-state index in [1.165, 1.54) is 6.20 Å². The SMILES string of the molecule is Fc1cc(F)c(-c2cc(-c3ccccc3)ccn2)cc1F. The monoisotopic (exact) mass is 285 g/mol. The molecule has 0 saturated heterocycles. The molecule has 0 unspecified atom stereocenters. The summed E-state index contributed by atoms with van der Waals surface area (Å²) >= 11 is 0. The van der Waals surface area contributed by atoms with Crippen LogP contribution in [0.1, 0.15) is 0 Å². The Hall–Kier alpha value is -2.62. The van der Waals surface area contributed by atoms with E-state index in [-0.39, 0.29) is 11.3 Å². The van der Waals surface area contributed by atoms with Crippen LogP contribution >= 0.6 is 0 Å². The molecule has 0 aliphatic heterocycles. The summed E-state index contributed by atoms with van der Waals surface area (Å²) in [6.07, 6.45) is 1.51. The van der Waals surface area contributed by atoms with E-state index in [1.807, 2.05) is 30.3 Å². The Kier molecular flexibility index (Phi) is 3.44. The van der Waals surface area contributed by atoms with Crippen LogP contribution in [0.5, 0.6) is 0 Å². The second-order valence-corrected chi connectivity index (χ2v) is 4.54. The Bertz CT molecular complexity index is 785. The molecule has 0 saturated carbocycles. The lowest BCUT2D eigenvalue weighted by Crippen LogP contribution is -1.93. The van der Waals surface area contributed by atoms with Crippen LogP contribution in [0.3, 0.4) is 0 Å². The molecule has 0 atom stereocenters. The number of hydrogen-bond donors (Lipinski definition) is 0. The van der Waals surface area contributed by atoms with Crippen molar-refractivity contribution >= 4 is 0 Å². The van der Waals surface area contributed by atoms with E-state index in [9.17, 15) is 13.2 Å². The molecule has 21 heavy (non-hydrogen) atoms. The molecular weight excluding hydrogens is 275 g/mol. The predicted molar refractivity (Wildman–Crippen MR) is 75.0 cm³/mol. The van der Waals surface area contributed by atoms with Crippen molar-refractivity contribution in [2.45, 2.75) is 0 Å². The maximum Gasteiger partial charge on any atom is 0.161 e. The summed E-state index contributed by atoms with van der Waals surface area (Å²) < 4.78 is 40.1. The first kappa shape index (κ1) is 13.4. The molecule has 0 spiro atoms. The highest BCUT2D eigenvalue weighted by Crippen LogP contribution is 2.27. The summed E-state index contributed by atoms with van der Waals surface area (Å²) in [4.78, 5) is 4.04. The van der Waals surface area contributed by atoms with Crippen LogP contribution in [0.4, 0.5) is 13.2 Å². The van der Waals surface area contributed by atoms with Gasteiger partial charge in [0.15, 0.2) is 11.6 Å². The van der Waals surface area contributed by atoms with Crippen LogP contribution in [0.25, 0.3) is 22.4 Å². The lowest BCUT2D eigenvalue weighted by molar-refractivity contribution is 0.496. The Balaban J connectivity index is 2.11. The van der Waals surface area contributed by atoms with Crippen LogP contribution in [0, 0.1) is 17.5 Å². The molecule has 0 amide bonds. The molecule has 0 aliphatic rings. The van der Waals surface area contributed by atoms with E-state index in [0.29, 0.717) is 6.07 Å². The fraction of sp³-hybridized carbons (Fsp3) is 0. The minimum atomic E-state index is -1.21. The lowest BCUT2D eigenvalue weighted by Gasteiger charge is -2.07. The fourth-order valence-corrected chi connectivity index (χ4v) is 2.11. The first-order valence-electron chi connectivity index (χ1n) is 6.31. The van der Waals surface area contributed by atoms with Crippen molar-refractivity contribution in [2.24, 2.45) is 0 Å². The van der Waals surface area contributed by atoms with Crippen LogP contribution in [0.15, 0.2) is 60.8 Å². The maximum absolute atomic E-state index is 13.8. The third-order valence-corrected chi connectivity index (χ3v) is 3.15.